The molecule has 1 saturated carbocycles. The Kier molecular flexibility index (Phi) is 2.71. The number of carbonyl (C=O) groups is 1. The van der Waals surface area contributed by atoms with E-state index in [1.54, 1.807) is 18.2 Å². The molecule has 6 nitrogen and oxygen atoms in total. The Morgan fingerprint density at radius 3 is 2.94 bits per heavy atom. The van der Waals surface area contributed by atoms with Crippen molar-refractivity contribution in [3.05, 3.63) is 35.1 Å². The average molecular weight is 264 g/mol. The maximum absolute atomic E-state index is 12.1. The monoisotopic (exact) mass is 263 g/mol. The number of halogens is 1. The van der Waals surface area contributed by atoms with Crippen molar-refractivity contribution in [2.24, 2.45) is 0 Å². The second-order valence-corrected chi connectivity index (χ2v) is 4.60. The lowest BCUT2D eigenvalue weighted by atomic mass is 10.1. The van der Waals surface area contributed by atoms with Gasteiger partial charge in [0.05, 0.1) is 11.3 Å². The van der Waals surface area contributed by atoms with Gasteiger partial charge in [0.1, 0.15) is 6.33 Å². The molecule has 0 bridgehead atoms. The van der Waals surface area contributed by atoms with Crippen LogP contribution < -0.4 is 5.32 Å². The summed E-state index contributed by atoms with van der Waals surface area (Å²) in [6.45, 7) is 0. The predicted molar refractivity (Wildman–Crippen MR) is 64.7 cm³/mol. The summed E-state index contributed by atoms with van der Waals surface area (Å²) in [6, 6.07) is 5.33. The molecule has 92 valence electrons. The number of nitrogens with one attached hydrogen (secondary N) is 1. The number of nitrogens with zero attached hydrogens (tertiary/aromatic N) is 4. The molecule has 7 heteroatoms. The number of amides is 1. The van der Waals surface area contributed by atoms with Crippen molar-refractivity contribution in [3.8, 4) is 5.69 Å². The molecule has 3 rings (SSSR count). The van der Waals surface area contributed by atoms with Crippen molar-refractivity contribution in [1.29, 1.82) is 0 Å². The van der Waals surface area contributed by atoms with Gasteiger partial charge in [0.2, 0.25) is 0 Å². The van der Waals surface area contributed by atoms with E-state index in [0.717, 1.165) is 12.8 Å². The number of aromatic nitrogens is 4. The first-order valence-electron chi connectivity index (χ1n) is 5.58. The smallest absolute Gasteiger partial charge is 0.253 e. The van der Waals surface area contributed by atoms with Crippen LogP contribution in [-0.2, 0) is 0 Å². The van der Waals surface area contributed by atoms with Gasteiger partial charge in [-0.25, -0.2) is 0 Å². The van der Waals surface area contributed by atoms with Gasteiger partial charge in [-0.05, 0) is 41.5 Å². The van der Waals surface area contributed by atoms with Crippen LogP contribution in [0.15, 0.2) is 24.5 Å². The summed E-state index contributed by atoms with van der Waals surface area (Å²) in [6.07, 6.45) is 3.51. The molecule has 0 atom stereocenters. The lowest BCUT2D eigenvalue weighted by Gasteiger charge is -2.09. The molecule has 1 aromatic heterocycles. The highest BCUT2D eigenvalue weighted by Crippen LogP contribution is 2.22. The van der Waals surface area contributed by atoms with E-state index in [2.05, 4.69) is 20.8 Å². The largest absolute Gasteiger partial charge is 0.349 e. The van der Waals surface area contributed by atoms with E-state index in [4.69, 9.17) is 11.6 Å². The second-order valence-electron chi connectivity index (χ2n) is 4.16. The zero-order valence-corrected chi connectivity index (χ0v) is 10.1. The van der Waals surface area contributed by atoms with E-state index < -0.39 is 0 Å². The van der Waals surface area contributed by atoms with Crippen LogP contribution in [0, 0.1) is 0 Å². The fourth-order valence-corrected chi connectivity index (χ4v) is 1.82. The molecule has 1 aliphatic rings. The van der Waals surface area contributed by atoms with E-state index in [-0.39, 0.29) is 5.91 Å². The van der Waals surface area contributed by atoms with Crippen molar-refractivity contribution >= 4 is 17.5 Å². The number of carbonyl (C=O) groups excluding carboxylic acids is 1. The molecule has 1 N–H and O–H groups in total. The summed E-state index contributed by atoms with van der Waals surface area (Å²) in [4.78, 5) is 12.1. The number of tetrazole rings is 1. The summed E-state index contributed by atoms with van der Waals surface area (Å²) < 4.78 is 1.44. The Labute approximate surface area is 108 Å². The van der Waals surface area contributed by atoms with Gasteiger partial charge in [0.25, 0.3) is 5.91 Å². The Morgan fingerprint density at radius 2 is 2.28 bits per heavy atom. The van der Waals surface area contributed by atoms with Crippen LogP contribution in [0.5, 0.6) is 0 Å². The quantitative estimate of drug-likeness (QED) is 0.903. The average Bonchev–Trinajstić information content (AvgIpc) is 3.01. The van der Waals surface area contributed by atoms with Gasteiger partial charge in [-0.15, -0.1) is 5.10 Å². The molecule has 0 saturated heterocycles. The SMILES string of the molecule is O=C(NC1CC1)c1cc(Cl)ccc1-n1cnnn1. The molecule has 1 heterocycles. The molecule has 1 fully saturated rings. The van der Waals surface area contributed by atoms with E-state index in [0.29, 0.717) is 22.3 Å². The Morgan fingerprint density at radius 1 is 1.44 bits per heavy atom. The maximum atomic E-state index is 12.1. The number of hydrogen-bond donors (Lipinski definition) is 1. The summed E-state index contributed by atoms with van der Waals surface area (Å²) in [5.41, 5.74) is 1.09. The Balaban J connectivity index is 1.99. The molecular weight excluding hydrogens is 254 g/mol. The van der Waals surface area contributed by atoms with Gasteiger partial charge in [-0.3, -0.25) is 4.79 Å². The molecule has 1 aliphatic carbocycles. The van der Waals surface area contributed by atoms with Crippen molar-refractivity contribution in [2.45, 2.75) is 18.9 Å². The van der Waals surface area contributed by atoms with Gasteiger partial charge < -0.3 is 5.32 Å². The molecule has 18 heavy (non-hydrogen) atoms. The second kappa shape index (κ2) is 4.38. The van der Waals surface area contributed by atoms with Crippen LogP contribution in [0.4, 0.5) is 0 Å². The van der Waals surface area contributed by atoms with Crippen molar-refractivity contribution in [3.63, 3.8) is 0 Å². The van der Waals surface area contributed by atoms with E-state index >= 15 is 0 Å². The fraction of sp³-hybridized carbons (Fsp3) is 0.273. The van der Waals surface area contributed by atoms with E-state index in [1.807, 2.05) is 0 Å². The number of rotatable bonds is 3. The van der Waals surface area contributed by atoms with Crippen LogP contribution in [0.3, 0.4) is 0 Å². The van der Waals surface area contributed by atoms with Crippen LogP contribution in [-0.4, -0.2) is 32.2 Å². The normalized spacial score (nSPS) is 14.5. The van der Waals surface area contributed by atoms with E-state index in [1.165, 1.54) is 11.0 Å². The third-order valence-electron chi connectivity index (χ3n) is 2.71. The first-order chi connectivity index (χ1) is 8.74. The molecule has 2 aromatic rings. The lowest BCUT2D eigenvalue weighted by molar-refractivity contribution is 0.0951. The minimum absolute atomic E-state index is 0.148. The summed E-state index contributed by atoms with van der Waals surface area (Å²) in [5, 5.41) is 14.3. The first kappa shape index (κ1) is 11.2. The molecule has 0 unspecified atom stereocenters. The molecule has 1 amide bonds. The third kappa shape index (κ3) is 2.19. The van der Waals surface area contributed by atoms with Gasteiger partial charge >= 0.3 is 0 Å². The van der Waals surface area contributed by atoms with Crippen molar-refractivity contribution < 1.29 is 4.79 Å². The Hall–Kier alpha value is -1.95. The van der Waals surface area contributed by atoms with Crippen molar-refractivity contribution in [1.82, 2.24) is 25.5 Å². The highest BCUT2D eigenvalue weighted by Gasteiger charge is 2.25. The fourth-order valence-electron chi connectivity index (χ4n) is 1.65. The highest BCUT2D eigenvalue weighted by atomic mass is 35.5. The van der Waals surface area contributed by atoms with E-state index in [9.17, 15) is 4.79 Å². The van der Waals surface area contributed by atoms with Gasteiger partial charge in [-0.2, -0.15) is 4.68 Å². The predicted octanol–water partition coefficient (Wildman–Crippen LogP) is 1.21. The molecular formula is C11H10ClN5O. The maximum Gasteiger partial charge on any atom is 0.253 e. The molecule has 0 spiro atoms. The zero-order chi connectivity index (χ0) is 12.5. The van der Waals surface area contributed by atoms with Crippen LogP contribution in [0.25, 0.3) is 5.69 Å². The number of hydrogen-bond acceptors (Lipinski definition) is 4. The molecule has 0 radical (unpaired) electrons. The van der Waals surface area contributed by atoms with Crippen molar-refractivity contribution in [2.75, 3.05) is 0 Å². The van der Waals surface area contributed by atoms with Gasteiger partial charge in [0, 0.05) is 11.1 Å². The Bertz CT molecular complexity index is 579. The number of benzene rings is 1. The third-order valence-corrected chi connectivity index (χ3v) is 2.95. The highest BCUT2D eigenvalue weighted by molar-refractivity contribution is 6.31. The zero-order valence-electron chi connectivity index (χ0n) is 9.38. The lowest BCUT2D eigenvalue weighted by Crippen LogP contribution is -2.26. The summed E-state index contributed by atoms with van der Waals surface area (Å²) >= 11 is 5.93. The molecule has 1 aromatic carbocycles. The van der Waals surface area contributed by atoms with Gasteiger partial charge in [-0.1, -0.05) is 11.6 Å². The molecule has 0 aliphatic heterocycles. The standard InChI is InChI=1S/C11H10ClN5O/c12-7-1-4-10(17-6-13-15-16-17)9(5-7)11(18)14-8-2-3-8/h1,4-6,8H,2-3H2,(H,14,18). The van der Waals surface area contributed by atoms with Gasteiger partial charge in [0.15, 0.2) is 0 Å². The first-order valence-corrected chi connectivity index (χ1v) is 5.95. The topological polar surface area (TPSA) is 72.7 Å². The summed E-state index contributed by atoms with van der Waals surface area (Å²) in [5.74, 6) is -0.148. The minimum atomic E-state index is -0.148. The van der Waals surface area contributed by atoms with Crippen LogP contribution in [0.1, 0.15) is 23.2 Å². The van der Waals surface area contributed by atoms with Crippen LogP contribution in [0.2, 0.25) is 5.02 Å². The van der Waals surface area contributed by atoms with Crippen LogP contribution >= 0.6 is 11.6 Å². The minimum Gasteiger partial charge on any atom is -0.349 e. The summed E-state index contributed by atoms with van der Waals surface area (Å²) in [7, 11) is 0.